The molecule has 0 N–H and O–H groups in total. The molecule has 2 nitrogen and oxygen atoms in total. The van der Waals surface area contributed by atoms with E-state index in [0.717, 1.165) is 12.8 Å². The summed E-state index contributed by atoms with van der Waals surface area (Å²) >= 11 is 0. The van der Waals surface area contributed by atoms with Crippen molar-refractivity contribution >= 4 is 67.8 Å². The Kier molecular flexibility index (Phi) is 9.47. The number of benzene rings is 9. The molecule has 2 heteroatoms. The lowest BCUT2D eigenvalue weighted by Crippen LogP contribution is -2.30. The first-order valence-electron chi connectivity index (χ1n) is 23.1. The van der Waals surface area contributed by atoms with Gasteiger partial charge in [-0.1, -0.05) is 181 Å². The fraction of sp³-hybridized carbons (Fsp3) is 0.161. The van der Waals surface area contributed by atoms with Gasteiger partial charge in [0.1, 0.15) is 0 Å². The van der Waals surface area contributed by atoms with Crippen LogP contribution < -0.4 is 9.80 Å². The van der Waals surface area contributed by atoms with Crippen LogP contribution in [0.4, 0.5) is 34.1 Å². The van der Waals surface area contributed by atoms with Gasteiger partial charge >= 0.3 is 0 Å². The van der Waals surface area contributed by atoms with Crippen molar-refractivity contribution < 1.29 is 0 Å². The topological polar surface area (TPSA) is 6.48 Å². The molecule has 0 spiro atoms. The second kappa shape index (κ2) is 15.3. The molecule has 12 rings (SSSR count). The zero-order valence-electron chi connectivity index (χ0n) is 37.8. The van der Waals surface area contributed by atoms with Gasteiger partial charge in [-0.05, 0) is 145 Å². The van der Waals surface area contributed by atoms with Crippen LogP contribution in [0.5, 0.6) is 0 Å². The number of para-hydroxylation sites is 4. The summed E-state index contributed by atoms with van der Waals surface area (Å²) in [6.45, 7) is 13.5. The summed E-state index contributed by atoms with van der Waals surface area (Å²) in [4.78, 5) is 4.93. The standard InChI is InChI=1S/C60H48N2.C2H6/c1-59(2)51-15-7-11-19-57(51)62(58-20-12-8-16-52(58)59)46-30-34-50-49-32-24-40(36-53(49)60(3,4)54(50)38-46)22-21-39-23-31-47-43(35-39)27-28-44-37-45(29-33-48(44)47)61-55-17-9-5-13-41(55)25-26-42-14-6-10-18-56(42)61;1-2/h5-24,27-38H,25-26H2,1-4H3;1-2H3/b22-21+;. The monoisotopic (exact) mass is 826 g/mol. The molecule has 0 radical (unpaired) electrons. The molecule has 9 aromatic rings. The van der Waals surface area contributed by atoms with E-state index in [1.54, 1.807) is 0 Å². The molecular weight excluding hydrogens is 773 g/mol. The molecular formula is C62H54N2. The summed E-state index contributed by atoms with van der Waals surface area (Å²) in [6.07, 6.45) is 6.63. The minimum atomic E-state index is -0.150. The van der Waals surface area contributed by atoms with E-state index >= 15 is 0 Å². The summed E-state index contributed by atoms with van der Waals surface area (Å²) in [6, 6.07) is 68.2. The van der Waals surface area contributed by atoms with Gasteiger partial charge in [-0.2, -0.15) is 0 Å². The number of fused-ring (bicyclic) bond motifs is 10. The number of hydrogen-bond acceptors (Lipinski definition) is 2. The van der Waals surface area contributed by atoms with E-state index in [9.17, 15) is 0 Å². The van der Waals surface area contributed by atoms with E-state index in [1.165, 1.54) is 111 Å². The fourth-order valence-corrected chi connectivity index (χ4v) is 11.0. The van der Waals surface area contributed by atoms with E-state index in [-0.39, 0.29) is 10.8 Å². The van der Waals surface area contributed by atoms with E-state index in [4.69, 9.17) is 0 Å². The number of anilines is 6. The quantitative estimate of drug-likeness (QED) is 0.129. The lowest BCUT2D eigenvalue weighted by atomic mass is 9.73. The Morgan fingerprint density at radius 1 is 0.375 bits per heavy atom. The van der Waals surface area contributed by atoms with E-state index < -0.39 is 0 Å². The zero-order chi connectivity index (χ0) is 43.7. The molecule has 0 atom stereocenters. The third-order valence-electron chi connectivity index (χ3n) is 14.3. The van der Waals surface area contributed by atoms with E-state index in [1.807, 2.05) is 13.8 Å². The Morgan fingerprint density at radius 2 is 0.797 bits per heavy atom. The molecule has 0 saturated heterocycles. The van der Waals surface area contributed by atoms with Crippen molar-refractivity contribution in [3.8, 4) is 11.1 Å². The van der Waals surface area contributed by atoms with Gasteiger partial charge in [0, 0.05) is 33.6 Å². The van der Waals surface area contributed by atoms with Gasteiger partial charge in [0.25, 0.3) is 0 Å². The predicted octanol–water partition coefficient (Wildman–Crippen LogP) is 17.2. The van der Waals surface area contributed by atoms with Crippen molar-refractivity contribution in [3.63, 3.8) is 0 Å². The number of aryl methyl sites for hydroxylation is 2. The maximum absolute atomic E-state index is 2.47. The molecule has 0 saturated carbocycles. The van der Waals surface area contributed by atoms with Crippen LogP contribution in [0.3, 0.4) is 0 Å². The minimum absolute atomic E-state index is 0.0826. The van der Waals surface area contributed by atoms with Crippen LogP contribution in [0.1, 0.15) is 86.1 Å². The van der Waals surface area contributed by atoms with E-state index in [0.29, 0.717) is 0 Å². The van der Waals surface area contributed by atoms with Crippen molar-refractivity contribution in [2.24, 2.45) is 0 Å². The largest absolute Gasteiger partial charge is 0.310 e. The molecule has 0 unspecified atom stereocenters. The highest BCUT2D eigenvalue weighted by Crippen LogP contribution is 2.55. The van der Waals surface area contributed by atoms with E-state index in [2.05, 4.69) is 232 Å². The minimum Gasteiger partial charge on any atom is -0.310 e. The summed E-state index contributed by atoms with van der Waals surface area (Å²) in [5.41, 5.74) is 20.6. The second-order valence-electron chi connectivity index (χ2n) is 18.5. The molecule has 312 valence electrons. The Labute approximate surface area is 378 Å². The van der Waals surface area contributed by atoms with Gasteiger partial charge in [0.15, 0.2) is 0 Å². The number of hydrogen-bond donors (Lipinski definition) is 0. The molecule has 0 aromatic heterocycles. The lowest BCUT2D eigenvalue weighted by molar-refractivity contribution is 0.631. The van der Waals surface area contributed by atoms with Gasteiger partial charge in [0.2, 0.25) is 0 Å². The number of rotatable bonds is 4. The molecule has 0 fully saturated rings. The van der Waals surface area contributed by atoms with Crippen LogP contribution in [0.25, 0.3) is 44.8 Å². The average molecular weight is 827 g/mol. The third kappa shape index (κ3) is 6.22. The third-order valence-corrected chi connectivity index (χ3v) is 14.3. The molecule has 9 aromatic carbocycles. The van der Waals surface area contributed by atoms with Crippen molar-refractivity contribution in [2.45, 2.75) is 65.2 Å². The highest BCUT2D eigenvalue weighted by atomic mass is 15.2. The molecule has 1 aliphatic carbocycles. The Bertz CT molecular complexity index is 3230. The van der Waals surface area contributed by atoms with Crippen molar-refractivity contribution in [3.05, 3.63) is 226 Å². The molecule has 2 heterocycles. The number of nitrogens with zero attached hydrogens (tertiary/aromatic N) is 2. The van der Waals surface area contributed by atoms with Gasteiger partial charge in [-0.3, -0.25) is 0 Å². The van der Waals surface area contributed by atoms with Crippen LogP contribution in [-0.4, -0.2) is 0 Å². The first-order chi connectivity index (χ1) is 31.2. The fourth-order valence-electron chi connectivity index (χ4n) is 11.0. The molecule has 64 heavy (non-hydrogen) atoms. The molecule has 3 aliphatic rings. The van der Waals surface area contributed by atoms with Crippen molar-refractivity contribution in [1.29, 1.82) is 0 Å². The summed E-state index contributed by atoms with van der Waals surface area (Å²) in [5, 5.41) is 5.06. The maximum atomic E-state index is 2.47. The average Bonchev–Trinajstić information content (AvgIpc) is 3.43. The van der Waals surface area contributed by atoms with Crippen molar-refractivity contribution in [2.75, 3.05) is 9.80 Å². The van der Waals surface area contributed by atoms with Gasteiger partial charge in [-0.25, -0.2) is 0 Å². The first kappa shape index (κ1) is 39.7. The first-order valence-corrected chi connectivity index (χ1v) is 23.1. The van der Waals surface area contributed by atoms with Crippen LogP contribution in [0.2, 0.25) is 0 Å². The normalized spacial score (nSPS) is 15.0. The van der Waals surface area contributed by atoms with Gasteiger partial charge in [-0.15, -0.1) is 0 Å². The van der Waals surface area contributed by atoms with Crippen molar-refractivity contribution in [1.82, 2.24) is 0 Å². The molecule has 0 amide bonds. The SMILES string of the molecule is CC.CC1(C)c2cc(/C=C/c3ccc4c(ccc5cc(N6c7ccccc7CCc7ccccc76)ccc54)c3)ccc2-c2ccc(N3c4ccccc4C(C)(C)c4ccccc43)cc21. The zero-order valence-corrected chi connectivity index (χ0v) is 37.8. The van der Waals surface area contributed by atoms with Crippen LogP contribution in [-0.2, 0) is 23.7 Å². The van der Waals surface area contributed by atoms with Crippen LogP contribution in [0, 0.1) is 0 Å². The van der Waals surface area contributed by atoms with Crippen LogP contribution in [0.15, 0.2) is 182 Å². The Balaban J connectivity index is 0.00000225. The second-order valence-corrected chi connectivity index (χ2v) is 18.5. The Morgan fingerprint density at radius 3 is 1.42 bits per heavy atom. The predicted molar refractivity (Wildman–Crippen MR) is 275 cm³/mol. The molecule has 0 bridgehead atoms. The van der Waals surface area contributed by atoms with Crippen LogP contribution >= 0.6 is 0 Å². The summed E-state index contributed by atoms with van der Waals surface area (Å²) < 4.78 is 0. The van der Waals surface area contributed by atoms with Gasteiger partial charge in [0.05, 0.1) is 11.4 Å². The smallest absolute Gasteiger partial charge is 0.0502 e. The highest BCUT2D eigenvalue weighted by Gasteiger charge is 2.39. The summed E-state index contributed by atoms with van der Waals surface area (Å²) in [7, 11) is 0. The highest BCUT2D eigenvalue weighted by molar-refractivity contribution is 6.09. The van der Waals surface area contributed by atoms with Gasteiger partial charge < -0.3 is 9.80 Å². The maximum Gasteiger partial charge on any atom is 0.0502 e. The molecule has 2 aliphatic heterocycles. The summed E-state index contributed by atoms with van der Waals surface area (Å²) in [5.74, 6) is 0. The lowest BCUT2D eigenvalue weighted by Gasteiger charge is -2.42. The Hall–Kier alpha value is -7.16.